The number of benzene rings is 1. The van der Waals surface area contributed by atoms with Crippen LogP contribution in [0.25, 0.3) is 0 Å². The van der Waals surface area contributed by atoms with E-state index in [0.717, 1.165) is 31.5 Å². The normalized spacial score (nSPS) is 16.6. The van der Waals surface area contributed by atoms with Gasteiger partial charge < -0.3 is 26.0 Å². The van der Waals surface area contributed by atoms with Gasteiger partial charge >= 0.3 is 6.03 Å². The Morgan fingerprint density at radius 1 is 1.19 bits per heavy atom. The molecule has 0 saturated carbocycles. The van der Waals surface area contributed by atoms with Crippen molar-refractivity contribution in [2.45, 2.75) is 65.1 Å². The average Bonchev–Trinajstić information content (AvgIpc) is 3.30. The monoisotopic (exact) mass is 501 g/mol. The van der Waals surface area contributed by atoms with Crippen molar-refractivity contribution in [1.29, 1.82) is 0 Å². The maximum atomic E-state index is 12.6. The number of primary amides is 1. The fourth-order valence-corrected chi connectivity index (χ4v) is 4.36. The first-order valence-electron chi connectivity index (χ1n) is 12.5. The summed E-state index contributed by atoms with van der Waals surface area (Å²) in [4.78, 5) is 45.2. The number of nitrogens with two attached hydrogens (primary N) is 1. The third-order valence-corrected chi connectivity index (χ3v) is 5.93. The lowest BCUT2D eigenvalue weighted by Crippen LogP contribution is -2.53. The van der Waals surface area contributed by atoms with Crippen molar-refractivity contribution in [3.8, 4) is 5.75 Å². The minimum absolute atomic E-state index is 0.0468. The minimum atomic E-state index is -0.396. The van der Waals surface area contributed by atoms with Gasteiger partial charge in [0.15, 0.2) is 0 Å². The summed E-state index contributed by atoms with van der Waals surface area (Å²) in [6.07, 6.45) is 2.67. The number of guanidine groups is 1. The van der Waals surface area contributed by atoms with E-state index in [2.05, 4.69) is 25.8 Å². The summed E-state index contributed by atoms with van der Waals surface area (Å²) in [6.45, 7) is 10.6. The molecule has 0 aromatic heterocycles. The molecule has 36 heavy (non-hydrogen) atoms. The van der Waals surface area contributed by atoms with E-state index in [0.29, 0.717) is 37.6 Å². The topological polar surface area (TPSA) is 141 Å². The summed E-state index contributed by atoms with van der Waals surface area (Å²) in [5, 5.41) is 8.37. The van der Waals surface area contributed by atoms with Gasteiger partial charge in [0, 0.05) is 31.1 Å². The van der Waals surface area contributed by atoms with Gasteiger partial charge in [-0.1, -0.05) is 6.07 Å². The SMILES string of the molecule is CCNC(=O)NC1=Nc2cc(OCCC(C(N)=O)N3CCCC3)ccc2CN1CC(=O)NC(C)(C)C. The first-order chi connectivity index (χ1) is 17.1. The molecular weight excluding hydrogens is 462 g/mol. The van der Waals surface area contributed by atoms with Crippen LogP contribution in [0.2, 0.25) is 0 Å². The maximum Gasteiger partial charge on any atom is 0.321 e. The molecule has 0 spiro atoms. The van der Waals surface area contributed by atoms with Crippen LogP contribution in [0.1, 0.15) is 52.5 Å². The van der Waals surface area contributed by atoms with Gasteiger partial charge in [-0.3, -0.25) is 19.8 Å². The number of fused-ring (bicyclic) bond motifs is 1. The Labute approximate surface area is 212 Å². The van der Waals surface area contributed by atoms with Gasteiger partial charge in [0.2, 0.25) is 17.8 Å². The summed E-state index contributed by atoms with van der Waals surface area (Å²) >= 11 is 0. The highest BCUT2D eigenvalue weighted by atomic mass is 16.5. The molecule has 1 saturated heterocycles. The quantitative estimate of drug-likeness (QED) is 0.404. The fourth-order valence-electron chi connectivity index (χ4n) is 4.36. The van der Waals surface area contributed by atoms with E-state index in [1.54, 1.807) is 11.0 Å². The zero-order valence-electron chi connectivity index (χ0n) is 21.7. The van der Waals surface area contributed by atoms with Crippen LogP contribution >= 0.6 is 0 Å². The van der Waals surface area contributed by atoms with Crippen molar-refractivity contribution >= 4 is 29.5 Å². The fraction of sp³-hybridized carbons (Fsp3) is 0.600. The number of ether oxygens (including phenoxy) is 1. The van der Waals surface area contributed by atoms with E-state index in [9.17, 15) is 14.4 Å². The zero-order valence-corrected chi connectivity index (χ0v) is 21.7. The highest BCUT2D eigenvalue weighted by molar-refractivity contribution is 5.99. The largest absolute Gasteiger partial charge is 0.493 e. The number of aliphatic imine (C=N–C) groups is 1. The number of carbonyl (C=O) groups is 3. The number of rotatable bonds is 9. The molecular formula is C25H39N7O4. The van der Waals surface area contributed by atoms with Crippen LogP contribution in [0.5, 0.6) is 5.75 Å². The predicted octanol–water partition coefficient (Wildman–Crippen LogP) is 1.44. The van der Waals surface area contributed by atoms with E-state index >= 15 is 0 Å². The molecule has 0 radical (unpaired) electrons. The number of nitrogens with zero attached hydrogens (tertiary/aromatic N) is 3. The highest BCUT2D eigenvalue weighted by Gasteiger charge is 2.27. The molecule has 5 N–H and O–H groups in total. The maximum absolute atomic E-state index is 12.6. The molecule has 1 atom stereocenters. The minimum Gasteiger partial charge on any atom is -0.493 e. The molecule has 2 aliphatic heterocycles. The number of nitrogens with one attached hydrogen (secondary N) is 3. The summed E-state index contributed by atoms with van der Waals surface area (Å²) in [5.74, 6) is 0.404. The lowest BCUT2D eigenvalue weighted by atomic mass is 10.1. The number of amides is 4. The van der Waals surface area contributed by atoms with Crippen LogP contribution in [-0.2, 0) is 16.1 Å². The molecule has 11 heteroatoms. The van der Waals surface area contributed by atoms with E-state index in [-0.39, 0.29) is 35.9 Å². The second kappa shape index (κ2) is 12.1. The van der Waals surface area contributed by atoms with Crippen molar-refractivity contribution in [3.05, 3.63) is 23.8 Å². The molecule has 1 fully saturated rings. The Morgan fingerprint density at radius 3 is 2.56 bits per heavy atom. The van der Waals surface area contributed by atoms with Crippen LogP contribution in [0, 0.1) is 0 Å². The van der Waals surface area contributed by atoms with Crippen molar-refractivity contribution in [2.24, 2.45) is 10.7 Å². The Kier molecular flexibility index (Phi) is 9.14. The van der Waals surface area contributed by atoms with Crippen molar-refractivity contribution in [3.63, 3.8) is 0 Å². The molecule has 198 valence electrons. The molecule has 1 unspecified atom stereocenters. The number of urea groups is 1. The van der Waals surface area contributed by atoms with Gasteiger partial charge in [0.25, 0.3) is 0 Å². The summed E-state index contributed by atoms with van der Waals surface area (Å²) in [5.41, 5.74) is 6.80. The summed E-state index contributed by atoms with van der Waals surface area (Å²) < 4.78 is 5.93. The molecule has 4 amide bonds. The molecule has 0 bridgehead atoms. The van der Waals surface area contributed by atoms with Gasteiger partial charge in [-0.15, -0.1) is 0 Å². The van der Waals surface area contributed by atoms with E-state index < -0.39 is 6.03 Å². The lowest BCUT2D eigenvalue weighted by Gasteiger charge is -2.31. The summed E-state index contributed by atoms with van der Waals surface area (Å²) in [7, 11) is 0. The Morgan fingerprint density at radius 2 is 1.92 bits per heavy atom. The van der Waals surface area contributed by atoms with Gasteiger partial charge in [0.05, 0.1) is 18.3 Å². The molecule has 1 aromatic carbocycles. The van der Waals surface area contributed by atoms with E-state index in [1.807, 2.05) is 39.8 Å². The molecule has 2 heterocycles. The molecule has 11 nitrogen and oxygen atoms in total. The number of likely N-dealkylation sites (tertiary alicyclic amines) is 1. The number of hydrogen-bond acceptors (Lipinski definition) is 7. The Hall–Kier alpha value is -3.34. The standard InChI is InChI=1S/C25H39N7O4/c1-5-27-24(35)29-23-28-19-14-18(36-13-10-20(22(26)34)31-11-6-7-12-31)9-8-17(19)15-32(23)16-21(33)30-25(2,3)4/h8-9,14,20H,5-7,10-13,15-16H2,1-4H3,(H2,26,34)(H,30,33)(H2,27,28,29,35). The number of carbonyl (C=O) groups excluding carboxylic acids is 3. The van der Waals surface area contributed by atoms with Gasteiger partial charge in [-0.25, -0.2) is 9.79 Å². The zero-order chi connectivity index (χ0) is 26.3. The molecule has 2 aliphatic rings. The highest BCUT2D eigenvalue weighted by Crippen LogP contribution is 2.30. The third-order valence-electron chi connectivity index (χ3n) is 5.93. The second-order valence-electron chi connectivity index (χ2n) is 10.2. The van der Waals surface area contributed by atoms with Crippen LogP contribution < -0.4 is 26.4 Å². The first kappa shape index (κ1) is 27.3. The van der Waals surface area contributed by atoms with Gasteiger partial charge in [-0.2, -0.15) is 0 Å². The Bertz CT molecular complexity index is 983. The molecule has 3 rings (SSSR count). The smallest absolute Gasteiger partial charge is 0.321 e. The Balaban J connectivity index is 1.70. The van der Waals surface area contributed by atoms with Gasteiger partial charge in [0.1, 0.15) is 12.3 Å². The first-order valence-corrected chi connectivity index (χ1v) is 12.5. The van der Waals surface area contributed by atoms with Gasteiger partial charge in [-0.05, 0) is 65.3 Å². The lowest BCUT2D eigenvalue weighted by molar-refractivity contribution is -0.124. The van der Waals surface area contributed by atoms with Crippen LogP contribution in [0.15, 0.2) is 23.2 Å². The second-order valence-corrected chi connectivity index (χ2v) is 10.2. The average molecular weight is 502 g/mol. The molecule has 0 aliphatic carbocycles. The third kappa shape index (κ3) is 7.84. The van der Waals surface area contributed by atoms with Crippen LogP contribution in [-0.4, -0.2) is 78.0 Å². The molecule has 1 aromatic rings. The van der Waals surface area contributed by atoms with Crippen LogP contribution in [0.4, 0.5) is 10.5 Å². The number of hydrogen-bond donors (Lipinski definition) is 4. The van der Waals surface area contributed by atoms with Crippen molar-refractivity contribution in [2.75, 3.05) is 32.8 Å². The van der Waals surface area contributed by atoms with Crippen molar-refractivity contribution in [1.82, 2.24) is 25.8 Å². The van der Waals surface area contributed by atoms with Crippen molar-refractivity contribution < 1.29 is 19.1 Å². The summed E-state index contributed by atoms with van der Waals surface area (Å²) in [6, 6.07) is 4.82. The van der Waals surface area contributed by atoms with E-state index in [1.165, 1.54) is 0 Å². The van der Waals surface area contributed by atoms with E-state index in [4.69, 9.17) is 10.5 Å². The predicted molar refractivity (Wildman–Crippen MR) is 138 cm³/mol. The van der Waals surface area contributed by atoms with Crippen LogP contribution in [0.3, 0.4) is 0 Å².